The number of hydrogen-bond acceptors (Lipinski definition) is 1. The average molecular weight is 362 g/mol. The predicted octanol–water partition coefficient (Wildman–Crippen LogP) is 3.55. The summed E-state index contributed by atoms with van der Waals surface area (Å²) >= 11 is -0.176. The molecular weight excluding hydrogens is 336 g/mol. The van der Waals surface area contributed by atoms with Crippen molar-refractivity contribution in [2.45, 2.75) is 62.4 Å². The molecule has 0 amide bonds. The molecule has 102 valence electrons. The van der Waals surface area contributed by atoms with Crippen LogP contribution >= 0.6 is 0 Å². The summed E-state index contributed by atoms with van der Waals surface area (Å²) in [5.74, 6) is 0. The SMILES string of the molecule is CCCCCCCCC(O)C[Te]c1ccccc1. The summed E-state index contributed by atoms with van der Waals surface area (Å²) in [5, 5.41) is 9.95. The second-order valence-corrected chi connectivity index (χ2v) is 7.96. The number of aliphatic hydroxyl groups excluding tert-OH is 1. The van der Waals surface area contributed by atoms with Crippen LogP contribution in [0.4, 0.5) is 0 Å². The third-order valence-corrected chi connectivity index (χ3v) is 6.38. The van der Waals surface area contributed by atoms with Crippen molar-refractivity contribution in [3.8, 4) is 0 Å². The molecule has 1 aromatic carbocycles. The van der Waals surface area contributed by atoms with E-state index < -0.39 is 0 Å². The zero-order valence-electron chi connectivity index (χ0n) is 11.5. The second kappa shape index (κ2) is 10.9. The molecule has 2 heteroatoms. The Labute approximate surface area is 122 Å². The van der Waals surface area contributed by atoms with Crippen LogP contribution in [0.2, 0.25) is 4.47 Å². The van der Waals surface area contributed by atoms with Crippen LogP contribution in [0.3, 0.4) is 0 Å². The molecule has 0 saturated carbocycles. The molecule has 0 radical (unpaired) electrons. The quantitative estimate of drug-likeness (QED) is 0.499. The van der Waals surface area contributed by atoms with E-state index in [0.717, 1.165) is 10.9 Å². The Morgan fingerprint density at radius 2 is 1.67 bits per heavy atom. The average Bonchev–Trinajstić information content (AvgIpc) is 2.41. The van der Waals surface area contributed by atoms with Crippen molar-refractivity contribution < 1.29 is 5.11 Å². The third kappa shape index (κ3) is 8.14. The molecule has 1 atom stereocenters. The Kier molecular flexibility index (Phi) is 9.66. The van der Waals surface area contributed by atoms with Crippen LogP contribution in [0.1, 0.15) is 51.9 Å². The summed E-state index contributed by atoms with van der Waals surface area (Å²) in [4.78, 5) is 0. The zero-order valence-corrected chi connectivity index (χ0v) is 13.8. The first-order valence-corrected chi connectivity index (χ1v) is 10.00. The molecule has 0 aliphatic heterocycles. The Balaban J connectivity index is 1.99. The number of aliphatic hydroxyl groups is 1. The summed E-state index contributed by atoms with van der Waals surface area (Å²) in [7, 11) is 0. The van der Waals surface area contributed by atoms with Crippen LogP contribution in [0.15, 0.2) is 30.3 Å². The predicted molar refractivity (Wildman–Crippen MR) is 80.6 cm³/mol. The Morgan fingerprint density at radius 1 is 1.00 bits per heavy atom. The number of benzene rings is 1. The van der Waals surface area contributed by atoms with E-state index in [2.05, 4.69) is 37.3 Å². The van der Waals surface area contributed by atoms with E-state index in [-0.39, 0.29) is 27.0 Å². The van der Waals surface area contributed by atoms with Crippen LogP contribution in [0.25, 0.3) is 0 Å². The Bertz CT molecular complexity index is 286. The molecule has 0 aliphatic rings. The van der Waals surface area contributed by atoms with Gasteiger partial charge in [0.1, 0.15) is 0 Å². The van der Waals surface area contributed by atoms with Crippen LogP contribution in [-0.2, 0) is 0 Å². The van der Waals surface area contributed by atoms with Gasteiger partial charge in [0.25, 0.3) is 0 Å². The topological polar surface area (TPSA) is 20.2 Å². The van der Waals surface area contributed by atoms with Gasteiger partial charge in [0.2, 0.25) is 0 Å². The van der Waals surface area contributed by atoms with E-state index in [1.807, 2.05) is 0 Å². The van der Waals surface area contributed by atoms with Gasteiger partial charge in [-0.15, -0.1) is 0 Å². The van der Waals surface area contributed by atoms with Gasteiger partial charge >= 0.3 is 122 Å². The van der Waals surface area contributed by atoms with E-state index >= 15 is 0 Å². The summed E-state index contributed by atoms with van der Waals surface area (Å²) in [6.45, 7) is 2.25. The Morgan fingerprint density at radius 3 is 2.39 bits per heavy atom. The van der Waals surface area contributed by atoms with Crippen LogP contribution in [-0.4, -0.2) is 32.1 Å². The molecule has 1 nitrogen and oxygen atoms in total. The number of unbranched alkanes of at least 4 members (excludes halogenated alkanes) is 5. The molecule has 1 unspecified atom stereocenters. The summed E-state index contributed by atoms with van der Waals surface area (Å²) in [6.07, 6.45) is 8.83. The minimum absolute atomic E-state index is 0.0567. The fourth-order valence-electron chi connectivity index (χ4n) is 1.95. The van der Waals surface area contributed by atoms with Crippen LogP contribution in [0, 0.1) is 0 Å². The van der Waals surface area contributed by atoms with E-state index in [4.69, 9.17) is 0 Å². The van der Waals surface area contributed by atoms with Crippen molar-refractivity contribution in [1.82, 2.24) is 0 Å². The van der Waals surface area contributed by atoms with E-state index in [0.29, 0.717) is 0 Å². The van der Waals surface area contributed by atoms with E-state index in [1.54, 1.807) is 0 Å². The van der Waals surface area contributed by atoms with E-state index in [9.17, 15) is 5.11 Å². The van der Waals surface area contributed by atoms with Gasteiger partial charge in [-0.2, -0.15) is 0 Å². The van der Waals surface area contributed by atoms with Gasteiger partial charge in [-0.1, -0.05) is 0 Å². The van der Waals surface area contributed by atoms with Crippen molar-refractivity contribution in [3.63, 3.8) is 0 Å². The molecule has 0 aromatic heterocycles. The molecular formula is C16H26OTe. The van der Waals surface area contributed by atoms with Gasteiger partial charge < -0.3 is 0 Å². The molecule has 0 heterocycles. The second-order valence-electron chi connectivity index (χ2n) is 4.83. The monoisotopic (exact) mass is 364 g/mol. The maximum atomic E-state index is 9.95. The molecule has 0 bridgehead atoms. The first-order chi connectivity index (χ1) is 8.83. The molecule has 0 fully saturated rings. The van der Waals surface area contributed by atoms with Gasteiger partial charge in [0, 0.05) is 0 Å². The van der Waals surface area contributed by atoms with Gasteiger partial charge in [-0.25, -0.2) is 0 Å². The minimum atomic E-state index is -0.176. The number of hydrogen-bond donors (Lipinski definition) is 1. The van der Waals surface area contributed by atoms with Gasteiger partial charge in [0.15, 0.2) is 0 Å². The molecule has 18 heavy (non-hydrogen) atoms. The first-order valence-electron chi connectivity index (χ1n) is 7.19. The molecule has 0 spiro atoms. The van der Waals surface area contributed by atoms with Gasteiger partial charge in [-0.3, -0.25) is 0 Å². The Hall–Kier alpha value is -0.0304. The molecule has 0 saturated heterocycles. The van der Waals surface area contributed by atoms with Gasteiger partial charge in [-0.05, 0) is 0 Å². The molecule has 1 N–H and O–H groups in total. The van der Waals surface area contributed by atoms with Crippen LogP contribution in [0.5, 0.6) is 0 Å². The fraction of sp³-hybridized carbons (Fsp3) is 0.625. The van der Waals surface area contributed by atoms with Crippen molar-refractivity contribution in [2.75, 3.05) is 0 Å². The van der Waals surface area contributed by atoms with Crippen molar-refractivity contribution >= 4 is 24.5 Å². The maximum absolute atomic E-state index is 9.95. The van der Waals surface area contributed by atoms with Crippen molar-refractivity contribution in [3.05, 3.63) is 30.3 Å². The molecule has 1 aromatic rings. The number of rotatable bonds is 10. The summed E-state index contributed by atoms with van der Waals surface area (Å²) in [6, 6.07) is 10.6. The van der Waals surface area contributed by atoms with Crippen molar-refractivity contribution in [1.29, 1.82) is 0 Å². The molecule has 0 aliphatic carbocycles. The van der Waals surface area contributed by atoms with Gasteiger partial charge in [0.05, 0.1) is 0 Å². The zero-order chi connectivity index (χ0) is 13.1. The molecule has 1 rings (SSSR count). The summed E-state index contributed by atoms with van der Waals surface area (Å²) < 4.78 is 2.49. The van der Waals surface area contributed by atoms with Crippen LogP contribution < -0.4 is 3.61 Å². The fourth-order valence-corrected chi connectivity index (χ4v) is 4.52. The van der Waals surface area contributed by atoms with Crippen molar-refractivity contribution in [2.24, 2.45) is 0 Å². The van der Waals surface area contributed by atoms with E-state index in [1.165, 1.54) is 42.1 Å². The normalized spacial score (nSPS) is 12.6. The first kappa shape index (κ1) is 16.0. The third-order valence-electron chi connectivity index (χ3n) is 3.08. The summed E-state index contributed by atoms with van der Waals surface area (Å²) in [5.41, 5.74) is 0. The standard InChI is InChI=1S/C16H26OTe/c1-2-3-4-5-6-8-11-15(17)14-18-16-12-9-7-10-13-16/h7,9-10,12-13,15,17H,2-6,8,11,14H2,1H3.